The Hall–Kier alpha value is -3.93. The predicted octanol–water partition coefficient (Wildman–Crippen LogP) is 5.08. The Morgan fingerprint density at radius 3 is 2.14 bits per heavy atom. The van der Waals surface area contributed by atoms with Crippen LogP contribution in [0, 0.1) is 5.82 Å². The normalized spacial score (nSPS) is 10.6. The quantitative estimate of drug-likeness (QED) is 0.523. The molecular weight excluding hydrogens is 359 g/mol. The third kappa shape index (κ3) is 3.76. The standard InChI is InChI=1S/C22H15FN2O3/c23-16-10-8-14(9-11-16)21(26)24-17-5-3-6-18(13-17)25-22(27)20-12-15-4-1-2-7-19(15)28-20/h1-13H,(H,24,26)(H,25,27). The minimum absolute atomic E-state index is 0.196. The van der Waals surface area contributed by atoms with Crippen LogP contribution in [0.4, 0.5) is 15.8 Å². The summed E-state index contributed by atoms with van der Waals surface area (Å²) >= 11 is 0. The lowest BCUT2D eigenvalue weighted by Gasteiger charge is -2.08. The molecule has 0 unspecified atom stereocenters. The zero-order valence-corrected chi connectivity index (χ0v) is 14.6. The SMILES string of the molecule is O=C(Nc1cccc(NC(=O)c2cc3ccccc3o2)c1)c1ccc(F)cc1. The monoisotopic (exact) mass is 374 g/mol. The zero-order chi connectivity index (χ0) is 19.5. The van der Waals surface area contributed by atoms with Crippen molar-refractivity contribution in [2.45, 2.75) is 0 Å². The molecule has 0 atom stereocenters. The van der Waals surface area contributed by atoms with E-state index in [9.17, 15) is 14.0 Å². The maximum Gasteiger partial charge on any atom is 0.291 e. The van der Waals surface area contributed by atoms with Crippen LogP contribution in [0.15, 0.2) is 83.3 Å². The molecule has 5 nitrogen and oxygen atoms in total. The highest BCUT2D eigenvalue weighted by Gasteiger charge is 2.13. The summed E-state index contributed by atoms with van der Waals surface area (Å²) in [5, 5.41) is 6.30. The summed E-state index contributed by atoms with van der Waals surface area (Å²) in [7, 11) is 0. The molecule has 0 aliphatic heterocycles. The molecule has 4 rings (SSSR count). The maximum absolute atomic E-state index is 13.0. The van der Waals surface area contributed by atoms with Gasteiger partial charge in [0.25, 0.3) is 11.8 Å². The van der Waals surface area contributed by atoms with Crippen molar-refractivity contribution < 1.29 is 18.4 Å². The fourth-order valence-electron chi connectivity index (χ4n) is 2.77. The van der Waals surface area contributed by atoms with Gasteiger partial charge in [-0.05, 0) is 54.6 Å². The minimum atomic E-state index is -0.410. The summed E-state index contributed by atoms with van der Waals surface area (Å²) in [6.07, 6.45) is 0. The van der Waals surface area contributed by atoms with E-state index in [2.05, 4.69) is 10.6 Å². The number of fused-ring (bicyclic) bond motifs is 1. The fourth-order valence-corrected chi connectivity index (χ4v) is 2.77. The lowest BCUT2D eigenvalue weighted by Crippen LogP contribution is -2.13. The highest BCUT2D eigenvalue weighted by molar-refractivity contribution is 6.06. The first-order valence-corrected chi connectivity index (χ1v) is 8.55. The van der Waals surface area contributed by atoms with Gasteiger partial charge in [-0.15, -0.1) is 0 Å². The summed E-state index contributed by atoms with van der Waals surface area (Å²) in [6, 6.07) is 21.0. The van der Waals surface area contributed by atoms with E-state index in [1.165, 1.54) is 24.3 Å². The highest BCUT2D eigenvalue weighted by Crippen LogP contribution is 2.21. The second-order valence-electron chi connectivity index (χ2n) is 6.14. The molecule has 0 aliphatic rings. The molecule has 0 bridgehead atoms. The number of hydrogen-bond donors (Lipinski definition) is 2. The number of anilines is 2. The Balaban J connectivity index is 1.48. The van der Waals surface area contributed by atoms with Crippen LogP contribution in [-0.2, 0) is 0 Å². The van der Waals surface area contributed by atoms with Gasteiger partial charge in [-0.3, -0.25) is 9.59 Å². The molecule has 1 heterocycles. The van der Waals surface area contributed by atoms with Gasteiger partial charge in [-0.2, -0.15) is 0 Å². The molecule has 3 aromatic carbocycles. The van der Waals surface area contributed by atoms with Crippen molar-refractivity contribution >= 4 is 34.2 Å². The molecular formula is C22H15FN2O3. The molecule has 0 aliphatic carbocycles. The number of furan rings is 1. The van der Waals surface area contributed by atoms with Gasteiger partial charge in [-0.25, -0.2) is 4.39 Å². The molecule has 0 fully saturated rings. The van der Waals surface area contributed by atoms with Crippen LogP contribution in [0.1, 0.15) is 20.9 Å². The van der Waals surface area contributed by atoms with Crippen molar-refractivity contribution in [1.82, 2.24) is 0 Å². The van der Waals surface area contributed by atoms with Crippen molar-refractivity contribution in [2.75, 3.05) is 10.6 Å². The van der Waals surface area contributed by atoms with E-state index in [4.69, 9.17) is 4.42 Å². The number of carbonyl (C=O) groups is 2. The van der Waals surface area contributed by atoms with Crippen molar-refractivity contribution in [3.8, 4) is 0 Å². The smallest absolute Gasteiger partial charge is 0.291 e. The molecule has 6 heteroatoms. The van der Waals surface area contributed by atoms with Crippen LogP contribution >= 0.6 is 0 Å². The van der Waals surface area contributed by atoms with E-state index in [0.29, 0.717) is 22.5 Å². The van der Waals surface area contributed by atoms with Gasteiger partial charge in [0, 0.05) is 22.3 Å². The van der Waals surface area contributed by atoms with Crippen molar-refractivity contribution in [3.05, 3.63) is 96.0 Å². The molecule has 4 aromatic rings. The number of benzene rings is 3. The van der Waals surface area contributed by atoms with Gasteiger partial charge in [0.15, 0.2) is 5.76 Å². The van der Waals surface area contributed by atoms with E-state index in [-0.39, 0.29) is 11.7 Å². The van der Waals surface area contributed by atoms with Crippen LogP contribution in [0.25, 0.3) is 11.0 Å². The van der Waals surface area contributed by atoms with E-state index < -0.39 is 11.7 Å². The Morgan fingerprint density at radius 2 is 1.43 bits per heavy atom. The number of nitrogens with one attached hydrogen (secondary N) is 2. The van der Waals surface area contributed by atoms with Crippen LogP contribution in [0.5, 0.6) is 0 Å². The number of carbonyl (C=O) groups excluding carboxylic acids is 2. The number of para-hydroxylation sites is 1. The summed E-state index contributed by atoms with van der Waals surface area (Å²) in [4.78, 5) is 24.7. The molecule has 138 valence electrons. The van der Waals surface area contributed by atoms with Crippen molar-refractivity contribution in [2.24, 2.45) is 0 Å². The average molecular weight is 374 g/mol. The van der Waals surface area contributed by atoms with Gasteiger partial charge in [-0.1, -0.05) is 24.3 Å². The Bertz CT molecular complexity index is 1130. The number of amides is 2. The zero-order valence-electron chi connectivity index (χ0n) is 14.6. The van der Waals surface area contributed by atoms with Gasteiger partial charge >= 0.3 is 0 Å². The van der Waals surface area contributed by atoms with Gasteiger partial charge in [0.05, 0.1) is 0 Å². The molecule has 1 aromatic heterocycles. The lowest BCUT2D eigenvalue weighted by molar-refractivity contribution is 0.0997. The topological polar surface area (TPSA) is 71.3 Å². The molecule has 2 amide bonds. The maximum atomic E-state index is 13.0. The van der Waals surface area contributed by atoms with Gasteiger partial charge in [0.1, 0.15) is 11.4 Å². The Kier molecular flexibility index (Phi) is 4.60. The van der Waals surface area contributed by atoms with Crippen molar-refractivity contribution in [1.29, 1.82) is 0 Å². The Labute approximate surface area is 159 Å². The van der Waals surface area contributed by atoms with E-state index >= 15 is 0 Å². The second kappa shape index (κ2) is 7.36. The fraction of sp³-hybridized carbons (Fsp3) is 0. The number of halogens is 1. The lowest BCUT2D eigenvalue weighted by atomic mass is 10.2. The third-order valence-corrected chi connectivity index (χ3v) is 4.13. The van der Waals surface area contributed by atoms with Crippen LogP contribution in [0.2, 0.25) is 0 Å². The second-order valence-corrected chi connectivity index (χ2v) is 6.14. The summed E-state index contributed by atoms with van der Waals surface area (Å²) in [5.41, 5.74) is 1.96. The van der Waals surface area contributed by atoms with Crippen LogP contribution in [0.3, 0.4) is 0 Å². The summed E-state index contributed by atoms with van der Waals surface area (Å²) in [5.74, 6) is -0.979. The molecule has 0 radical (unpaired) electrons. The predicted molar refractivity (Wildman–Crippen MR) is 105 cm³/mol. The number of rotatable bonds is 4. The molecule has 0 saturated heterocycles. The number of hydrogen-bond acceptors (Lipinski definition) is 3. The Morgan fingerprint density at radius 1 is 0.750 bits per heavy atom. The molecule has 0 spiro atoms. The van der Waals surface area contributed by atoms with Crippen LogP contribution < -0.4 is 10.6 Å². The third-order valence-electron chi connectivity index (χ3n) is 4.13. The first kappa shape index (κ1) is 17.5. The first-order chi connectivity index (χ1) is 13.6. The first-order valence-electron chi connectivity index (χ1n) is 8.55. The molecule has 28 heavy (non-hydrogen) atoms. The van der Waals surface area contributed by atoms with Crippen LogP contribution in [-0.4, -0.2) is 11.8 Å². The van der Waals surface area contributed by atoms with Gasteiger partial charge in [0.2, 0.25) is 0 Å². The van der Waals surface area contributed by atoms with E-state index in [0.717, 1.165) is 5.39 Å². The summed E-state index contributed by atoms with van der Waals surface area (Å²) < 4.78 is 18.5. The van der Waals surface area contributed by atoms with Crippen molar-refractivity contribution in [3.63, 3.8) is 0 Å². The molecule has 0 saturated carbocycles. The molecule has 2 N–H and O–H groups in total. The summed E-state index contributed by atoms with van der Waals surface area (Å²) in [6.45, 7) is 0. The average Bonchev–Trinajstić information content (AvgIpc) is 3.13. The highest BCUT2D eigenvalue weighted by atomic mass is 19.1. The minimum Gasteiger partial charge on any atom is -0.451 e. The largest absolute Gasteiger partial charge is 0.451 e. The van der Waals surface area contributed by atoms with E-state index in [1.54, 1.807) is 36.4 Å². The van der Waals surface area contributed by atoms with Gasteiger partial charge < -0.3 is 15.1 Å². The van der Waals surface area contributed by atoms with E-state index in [1.807, 2.05) is 18.2 Å².